The number of ether oxygens (including phenoxy) is 1. The normalized spacial score (nSPS) is 12.4. The Morgan fingerprint density at radius 3 is 2.78 bits per heavy atom. The first-order valence-corrected chi connectivity index (χ1v) is 5.50. The smallest absolute Gasteiger partial charge is 0.247 e. The second-order valence-electron chi connectivity index (χ2n) is 3.81. The highest BCUT2D eigenvalue weighted by molar-refractivity contribution is 5.54. The topological polar surface area (TPSA) is 60.2 Å². The molecule has 2 rings (SSSR count). The Morgan fingerprint density at radius 1 is 1.39 bits per heavy atom. The van der Waals surface area contributed by atoms with Crippen LogP contribution in [0.2, 0.25) is 0 Å². The summed E-state index contributed by atoms with van der Waals surface area (Å²) in [5, 5.41) is 10.8. The van der Waals surface area contributed by atoms with Gasteiger partial charge in [0.1, 0.15) is 0 Å². The molecule has 1 aromatic heterocycles. The van der Waals surface area contributed by atoms with Gasteiger partial charge in [0.15, 0.2) is 11.6 Å². The summed E-state index contributed by atoms with van der Waals surface area (Å²) in [6.07, 6.45) is 0. The summed E-state index contributed by atoms with van der Waals surface area (Å²) < 4.78 is 23.8. The largest absolute Gasteiger partial charge is 0.494 e. The number of methoxy groups -OCH3 is 1. The van der Waals surface area contributed by atoms with Crippen LogP contribution in [0.25, 0.3) is 11.5 Å². The van der Waals surface area contributed by atoms with E-state index in [1.807, 2.05) is 6.92 Å². The van der Waals surface area contributed by atoms with Crippen molar-refractivity contribution >= 4 is 0 Å². The number of nitrogens with one attached hydrogen (secondary N) is 1. The van der Waals surface area contributed by atoms with Crippen LogP contribution < -0.4 is 10.1 Å². The molecule has 0 amide bonds. The summed E-state index contributed by atoms with van der Waals surface area (Å²) in [6.45, 7) is 1.89. The van der Waals surface area contributed by atoms with E-state index >= 15 is 0 Å². The average molecular weight is 251 g/mol. The lowest BCUT2D eigenvalue weighted by atomic mass is 10.2. The van der Waals surface area contributed by atoms with Crippen molar-refractivity contribution in [1.82, 2.24) is 15.5 Å². The molecule has 0 aliphatic rings. The highest BCUT2D eigenvalue weighted by atomic mass is 19.1. The summed E-state index contributed by atoms with van der Waals surface area (Å²) in [7, 11) is 3.21. The van der Waals surface area contributed by atoms with Crippen molar-refractivity contribution < 1.29 is 13.5 Å². The van der Waals surface area contributed by atoms with Gasteiger partial charge in [0, 0.05) is 5.56 Å². The van der Waals surface area contributed by atoms with Gasteiger partial charge in [0.2, 0.25) is 11.8 Å². The van der Waals surface area contributed by atoms with Crippen molar-refractivity contribution in [3.63, 3.8) is 0 Å². The lowest BCUT2D eigenvalue weighted by Gasteiger charge is -2.03. The Hall–Kier alpha value is -1.95. The number of rotatable bonds is 4. The van der Waals surface area contributed by atoms with Crippen LogP contribution in [0.15, 0.2) is 22.6 Å². The van der Waals surface area contributed by atoms with Crippen molar-refractivity contribution in [1.29, 1.82) is 0 Å². The van der Waals surface area contributed by atoms with Crippen molar-refractivity contribution in [2.75, 3.05) is 14.2 Å². The van der Waals surface area contributed by atoms with Gasteiger partial charge in [-0.05, 0) is 32.2 Å². The average Bonchev–Trinajstić information content (AvgIpc) is 2.87. The van der Waals surface area contributed by atoms with Gasteiger partial charge >= 0.3 is 0 Å². The first kappa shape index (κ1) is 12.5. The molecule has 1 N–H and O–H groups in total. The third-order valence-corrected chi connectivity index (χ3v) is 2.64. The molecule has 1 heterocycles. The predicted molar refractivity (Wildman–Crippen MR) is 63.7 cm³/mol. The molecule has 0 aliphatic heterocycles. The van der Waals surface area contributed by atoms with Crippen LogP contribution in [0.1, 0.15) is 18.9 Å². The molecule has 18 heavy (non-hydrogen) atoms. The zero-order valence-electron chi connectivity index (χ0n) is 10.4. The highest BCUT2D eigenvalue weighted by Crippen LogP contribution is 2.25. The molecule has 1 unspecified atom stereocenters. The quantitative estimate of drug-likeness (QED) is 0.902. The summed E-state index contributed by atoms with van der Waals surface area (Å²) in [5.74, 6) is 0.468. The van der Waals surface area contributed by atoms with E-state index in [-0.39, 0.29) is 17.7 Å². The van der Waals surface area contributed by atoms with Crippen LogP contribution in [0, 0.1) is 5.82 Å². The first-order chi connectivity index (χ1) is 8.65. The molecule has 0 bridgehead atoms. The molecule has 0 spiro atoms. The first-order valence-electron chi connectivity index (χ1n) is 5.50. The summed E-state index contributed by atoms with van der Waals surface area (Å²) >= 11 is 0. The number of benzene rings is 1. The maximum Gasteiger partial charge on any atom is 0.247 e. The lowest BCUT2D eigenvalue weighted by molar-refractivity contribution is 0.386. The zero-order valence-corrected chi connectivity index (χ0v) is 10.4. The Bertz CT molecular complexity index is 542. The van der Waals surface area contributed by atoms with Crippen LogP contribution in [0.4, 0.5) is 4.39 Å². The van der Waals surface area contributed by atoms with Gasteiger partial charge in [-0.1, -0.05) is 0 Å². The molecule has 0 aliphatic carbocycles. The Balaban J connectivity index is 2.31. The minimum absolute atomic E-state index is 0.0469. The number of aromatic nitrogens is 2. The molecule has 6 heteroatoms. The van der Waals surface area contributed by atoms with Crippen molar-refractivity contribution in [3.8, 4) is 17.2 Å². The molecule has 0 fully saturated rings. The molecule has 2 aromatic rings. The molecule has 0 saturated heterocycles. The van der Waals surface area contributed by atoms with Gasteiger partial charge in [-0.2, -0.15) is 0 Å². The Labute approximate surface area is 104 Å². The summed E-state index contributed by atoms with van der Waals surface area (Å²) in [5.41, 5.74) is 0.523. The molecule has 5 nitrogen and oxygen atoms in total. The molecule has 96 valence electrons. The van der Waals surface area contributed by atoms with Gasteiger partial charge in [0.25, 0.3) is 0 Å². The maximum atomic E-state index is 13.5. The Morgan fingerprint density at radius 2 is 2.17 bits per heavy atom. The van der Waals surface area contributed by atoms with Crippen LogP contribution in [0.5, 0.6) is 5.75 Å². The van der Waals surface area contributed by atoms with E-state index in [1.165, 1.54) is 19.2 Å². The van der Waals surface area contributed by atoms with E-state index in [0.29, 0.717) is 11.5 Å². The second-order valence-corrected chi connectivity index (χ2v) is 3.81. The van der Waals surface area contributed by atoms with Gasteiger partial charge in [-0.15, -0.1) is 10.2 Å². The van der Waals surface area contributed by atoms with Crippen LogP contribution in [-0.4, -0.2) is 24.4 Å². The third-order valence-electron chi connectivity index (χ3n) is 2.64. The monoisotopic (exact) mass is 251 g/mol. The predicted octanol–water partition coefficient (Wildman–Crippen LogP) is 2.16. The fraction of sp³-hybridized carbons (Fsp3) is 0.333. The fourth-order valence-electron chi connectivity index (χ4n) is 1.45. The number of nitrogens with zero attached hydrogens (tertiary/aromatic N) is 2. The van der Waals surface area contributed by atoms with E-state index in [9.17, 15) is 4.39 Å². The second kappa shape index (κ2) is 5.14. The standard InChI is InChI=1S/C12H14FN3O2/c1-7(14-2)11-15-16-12(18-11)8-4-5-10(17-3)9(13)6-8/h4-7,14H,1-3H3. The van der Waals surface area contributed by atoms with E-state index in [1.54, 1.807) is 13.1 Å². The SMILES string of the molecule is CNC(C)c1nnc(-c2ccc(OC)c(F)c2)o1. The van der Waals surface area contributed by atoms with Gasteiger partial charge in [0.05, 0.1) is 13.2 Å². The van der Waals surface area contributed by atoms with Gasteiger partial charge in [-0.25, -0.2) is 4.39 Å². The molecule has 1 aromatic carbocycles. The van der Waals surface area contributed by atoms with Crippen molar-refractivity contribution in [2.24, 2.45) is 0 Å². The van der Waals surface area contributed by atoms with Gasteiger partial charge in [-0.3, -0.25) is 0 Å². The molecule has 1 atom stereocenters. The molecule has 0 radical (unpaired) electrons. The fourth-order valence-corrected chi connectivity index (χ4v) is 1.45. The third kappa shape index (κ3) is 2.33. The minimum atomic E-state index is -0.462. The van der Waals surface area contributed by atoms with E-state index in [4.69, 9.17) is 9.15 Å². The van der Waals surface area contributed by atoms with Crippen molar-refractivity contribution in [2.45, 2.75) is 13.0 Å². The lowest BCUT2D eigenvalue weighted by Crippen LogP contribution is -2.12. The van der Waals surface area contributed by atoms with Crippen molar-refractivity contribution in [3.05, 3.63) is 29.9 Å². The van der Waals surface area contributed by atoms with Gasteiger partial charge < -0.3 is 14.5 Å². The van der Waals surface area contributed by atoms with Crippen LogP contribution in [-0.2, 0) is 0 Å². The Kier molecular flexibility index (Phi) is 3.57. The summed E-state index contributed by atoms with van der Waals surface area (Å²) in [4.78, 5) is 0. The molecule has 0 saturated carbocycles. The van der Waals surface area contributed by atoms with E-state index in [0.717, 1.165) is 0 Å². The van der Waals surface area contributed by atoms with E-state index in [2.05, 4.69) is 15.5 Å². The number of hydrogen-bond donors (Lipinski definition) is 1. The zero-order chi connectivity index (χ0) is 13.1. The summed E-state index contributed by atoms with van der Waals surface area (Å²) in [6, 6.07) is 4.45. The van der Waals surface area contributed by atoms with Crippen LogP contribution >= 0.6 is 0 Å². The number of halogens is 1. The van der Waals surface area contributed by atoms with Crippen LogP contribution in [0.3, 0.4) is 0 Å². The highest BCUT2D eigenvalue weighted by Gasteiger charge is 2.14. The van der Waals surface area contributed by atoms with E-state index < -0.39 is 5.82 Å². The maximum absolute atomic E-state index is 13.5. The molecular weight excluding hydrogens is 237 g/mol. The minimum Gasteiger partial charge on any atom is -0.494 e. The number of hydrogen-bond acceptors (Lipinski definition) is 5. The molecular formula is C12H14FN3O2.